The molecule has 140 valence electrons. The molecule has 26 heavy (non-hydrogen) atoms. The zero-order chi connectivity index (χ0) is 18.7. The van der Waals surface area contributed by atoms with Gasteiger partial charge in [0, 0.05) is 31.9 Å². The van der Waals surface area contributed by atoms with Gasteiger partial charge in [-0.25, -0.2) is 4.79 Å². The van der Waals surface area contributed by atoms with E-state index in [2.05, 4.69) is 5.32 Å². The number of carboxylic acid groups (broad SMARTS) is 1. The minimum absolute atomic E-state index is 0.0298. The van der Waals surface area contributed by atoms with Gasteiger partial charge in [-0.2, -0.15) is 0 Å². The summed E-state index contributed by atoms with van der Waals surface area (Å²) in [5, 5.41) is 12.1. The molecule has 2 fully saturated rings. The van der Waals surface area contributed by atoms with Crippen LogP contribution >= 0.6 is 0 Å². The van der Waals surface area contributed by atoms with Gasteiger partial charge >= 0.3 is 12.0 Å². The Morgan fingerprint density at radius 1 is 1.08 bits per heavy atom. The molecule has 0 bridgehead atoms. The molecule has 3 amide bonds. The van der Waals surface area contributed by atoms with E-state index in [0.717, 1.165) is 18.5 Å². The highest BCUT2D eigenvalue weighted by Crippen LogP contribution is 2.27. The van der Waals surface area contributed by atoms with Gasteiger partial charge in [0.05, 0.1) is 11.8 Å². The minimum atomic E-state index is -0.847. The molecule has 1 aromatic rings. The van der Waals surface area contributed by atoms with E-state index < -0.39 is 11.9 Å². The van der Waals surface area contributed by atoms with E-state index in [-0.39, 0.29) is 30.3 Å². The predicted molar refractivity (Wildman–Crippen MR) is 96.6 cm³/mol. The summed E-state index contributed by atoms with van der Waals surface area (Å²) in [7, 11) is 0. The molecule has 1 unspecified atom stereocenters. The monoisotopic (exact) mass is 359 g/mol. The SMILES string of the molecule is C[C@@H]1CN(C(=O)C2CCCN(C(=O)Nc3ccccc3)C2)C[C@H]1C(=O)O. The van der Waals surface area contributed by atoms with E-state index in [1.807, 2.05) is 37.3 Å². The lowest BCUT2D eigenvalue weighted by Crippen LogP contribution is -2.47. The second kappa shape index (κ2) is 7.76. The van der Waals surface area contributed by atoms with E-state index in [4.69, 9.17) is 0 Å². The van der Waals surface area contributed by atoms with Crippen LogP contribution in [0.2, 0.25) is 0 Å². The summed E-state index contributed by atoms with van der Waals surface area (Å²) in [5.41, 5.74) is 0.726. The van der Waals surface area contributed by atoms with Crippen molar-refractivity contribution in [3.8, 4) is 0 Å². The Kier molecular flexibility index (Phi) is 5.44. The summed E-state index contributed by atoms with van der Waals surface area (Å²) in [6, 6.07) is 9.03. The largest absolute Gasteiger partial charge is 0.481 e. The molecular formula is C19H25N3O4. The first-order valence-electron chi connectivity index (χ1n) is 9.08. The number of carboxylic acids is 1. The third kappa shape index (κ3) is 3.98. The molecule has 0 aliphatic carbocycles. The van der Waals surface area contributed by atoms with Crippen molar-refractivity contribution in [2.24, 2.45) is 17.8 Å². The lowest BCUT2D eigenvalue weighted by molar-refractivity contribution is -0.142. The molecule has 2 N–H and O–H groups in total. The van der Waals surface area contributed by atoms with Crippen LogP contribution < -0.4 is 5.32 Å². The van der Waals surface area contributed by atoms with E-state index in [1.54, 1.807) is 9.80 Å². The number of urea groups is 1. The summed E-state index contributed by atoms with van der Waals surface area (Å²) in [6.07, 6.45) is 1.50. The molecule has 3 rings (SSSR count). The fourth-order valence-electron chi connectivity index (χ4n) is 3.81. The number of piperidine rings is 1. The number of nitrogens with one attached hydrogen (secondary N) is 1. The number of anilines is 1. The second-order valence-corrected chi connectivity index (χ2v) is 7.25. The number of nitrogens with zero attached hydrogens (tertiary/aromatic N) is 2. The number of benzene rings is 1. The van der Waals surface area contributed by atoms with Crippen LogP contribution in [0.5, 0.6) is 0 Å². The standard InChI is InChI=1S/C19H25N3O4/c1-13-10-22(12-16(13)18(24)25)17(23)14-6-5-9-21(11-14)19(26)20-15-7-3-2-4-8-15/h2-4,7-8,13-14,16H,5-6,9-12H2,1H3,(H,20,26)(H,24,25)/t13-,14?,16-/m1/s1. The Hall–Kier alpha value is -2.57. The molecule has 0 spiro atoms. The number of carbonyl (C=O) groups excluding carboxylic acids is 2. The summed E-state index contributed by atoms with van der Waals surface area (Å²) in [4.78, 5) is 39.9. The van der Waals surface area contributed by atoms with Gasteiger partial charge in [0.2, 0.25) is 5.91 Å². The van der Waals surface area contributed by atoms with Crippen LogP contribution in [0.15, 0.2) is 30.3 Å². The van der Waals surface area contributed by atoms with E-state index in [0.29, 0.717) is 19.6 Å². The zero-order valence-corrected chi connectivity index (χ0v) is 14.9. The molecule has 1 aromatic carbocycles. The molecule has 7 heteroatoms. The topological polar surface area (TPSA) is 90.0 Å². The van der Waals surface area contributed by atoms with Crippen molar-refractivity contribution < 1.29 is 19.5 Å². The maximum atomic E-state index is 12.8. The Morgan fingerprint density at radius 2 is 1.81 bits per heavy atom. The first-order chi connectivity index (χ1) is 12.5. The van der Waals surface area contributed by atoms with Crippen molar-refractivity contribution in [2.45, 2.75) is 19.8 Å². The molecule has 0 radical (unpaired) electrons. The van der Waals surface area contributed by atoms with Crippen molar-refractivity contribution in [3.63, 3.8) is 0 Å². The summed E-state index contributed by atoms with van der Waals surface area (Å²) >= 11 is 0. The van der Waals surface area contributed by atoms with E-state index in [9.17, 15) is 19.5 Å². The first-order valence-corrected chi connectivity index (χ1v) is 9.08. The minimum Gasteiger partial charge on any atom is -0.481 e. The highest BCUT2D eigenvalue weighted by molar-refractivity contribution is 5.90. The van der Waals surface area contributed by atoms with Crippen LogP contribution in [0.1, 0.15) is 19.8 Å². The first kappa shape index (κ1) is 18.2. The molecule has 2 saturated heterocycles. The van der Waals surface area contributed by atoms with Crippen LogP contribution in [0, 0.1) is 17.8 Å². The van der Waals surface area contributed by atoms with Crippen LogP contribution in [-0.4, -0.2) is 59.0 Å². The van der Waals surface area contributed by atoms with Crippen molar-refractivity contribution in [1.82, 2.24) is 9.80 Å². The lowest BCUT2D eigenvalue weighted by Gasteiger charge is -2.34. The van der Waals surface area contributed by atoms with Crippen LogP contribution in [-0.2, 0) is 9.59 Å². The highest BCUT2D eigenvalue weighted by atomic mass is 16.4. The zero-order valence-electron chi connectivity index (χ0n) is 14.9. The highest BCUT2D eigenvalue weighted by Gasteiger charge is 2.40. The smallest absolute Gasteiger partial charge is 0.321 e. The Labute approximate surface area is 153 Å². The Balaban J connectivity index is 1.59. The summed E-state index contributed by atoms with van der Waals surface area (Å²) in [5.74, 6) is -1.68. The van der Waals surface area contributed by atoms with Crippen LogP contribution in [0.4, 0.5) is 10.5 Å². The number of para-hydroxylation sites is 1. The molecular weight excluding hydrogens is 334 g/mol. The molecule has 0 aromatic heterocycles. The number of likely N-dealkylation sites (tertiary alicyclic amines) is 2. The molecule has 2 aliphatic rings. The predicted octanol–water partition coefficient (Wildman–Crippen LogP) is 2.11. The molecule has 3 atom stereocenters. The normalized spacial score (nSPS) is 25.8. The number of aliphatic carboxylic acids is 1. The number of carbonyl (C=O) groups is 3. The number of rotatable bonds is 3. The quantitative estimate of drug-likeness (QED) is 0.865. The van der Waals surface area contributed by atoms with Gasteiger partial charge in [0.15, 0.2) is 0 Å². The lowest BCUT2D eigenvalue weighted by atomic mass is 9.97. The Bertz CT molecular complexity index is 679. The van der Waals surface area contributed by atoms with Gasteiger partial charge in [-0.05, 0) is 30.9 Å². The van der Waals surface area contributed by atoms with Crippen molar-refractivity contribution in [3.05, 3.63) is 30.3 Å². The van der Waals surface area contributed by atoms with Crippen molar-refractivity contribution in [2.75, 3.05) is 31.5 Å². The van der Waals surface area contributed by atoms with Crippen molar-refractivity contribution >= 4 is 23.6 Å². The number of amides is 3. The maximum Gasteiger partial charge on any atom is 0.321 e. The van der Waals surface area contributed by atoms with E-state index >= 15 is 0 Å². The third-order valence-corrected chi connectivity index (χ3v) is 5.32. The summed E-state index contributed by atoms with van der Waals surface area (Å²) in [6.45, 7) is 3.60. The molecule has 0 saturated carbocycles. The van der Waals surface area contributed by atoms with Gasteiger partial charge in [-0.3, -0.25) is 9.59 Å². The molecule has 2 aliphatic heterocycles. The van der Waals surface area contributed by atoms with E-state index in [1.165, 1.54) is 0 Å². The summed E-state index contributed by atoms with van der Waals surface area (Å²) < 4.78 is 0. The molecule has 2 heterocycles. The van der Waals surface area contributed by atoms with Gasteiger partial charge in [-0.1, -0.05) is 25.1 Å². The second-order valence-electron chi connectivity index (χ2n) is 7.25. The van der Waals surface area contributed by atoms with Gasteiger partial charge in [0.1, 0.15) is 0 Å². The van der Waals surface area contributed by atoms with Gasteiger partial charge in [-0.15, -0.1) is 0 Å². The average Bonchev–Trinajstić information content (AvgIpc) is 3.04. The Morgan fingerprint density at radius 3 is 2.46 bits per heavy atom. The fraction of sp³-hybridized carbons (Fsp3) is 0.526. The third-order valence-electron chi connectivity index (χ3n) is 5.32. The maximum absolute atomic E-state index is 12.8. The van der Waals surface area contributed by atoms with Crippen LogP contribution in [0.3, 0.4) is 0 Å². The van der Waals surface area contributed by atoms with Crippen LogP contribution in [0.25, 0.3) is 0 Å². The van der Waals surface area contributed by atoms with Gasteiger partial charge in [0.25, 0.3) is 0 Å². The molecule has 7 nitrogen and oxygen atoms in total. The number of hydrogen-bond acceptors (Lipinski definition) is 3. The van der Waals surface area contributed by atoms with Gasteiger partial charge < -0.3 is 20.2 Å². The fourth-order valence-corrected chi connectivity index (χ4v) is 3.81. The number of hydrogen-bond donors (Lipinski definition) is 2. The average molecular weight is 359 g/mol. The van der Waals surface area contributed by atoms with Crippen molar-refractivity contribution in [1.29, 1.82) is 0 Å².